The molecule has 0 fully saturated rings. The van der Waals surface area contributed by atoms with Crippen LogP contribution in [0.15, 0.2) is 58.4 Å². The van der Waals surface area contributed by atoms with E-state index in [0.717, 1.165) is 16.7 Å². The fraction of sp³-hybridized carbons (Fsp3) is 0.143. The Balaban J connectivity index is 1.79. The molecule has 2 heterocycles. The van der Waals surface area contributed by atoms with Gasteiger partial charge in [0.15, 0.2) is 0 Å². The molecule has 0 radical (unpaired) electrons. The van der Waals surface area contributed by atoms with Gasteiger partial charge in [-0.3, -0.25) is 4.79 Å². The first-order chi connectivity index (χ1) is 13.6. The van der Waals surface area contributed by atoms with Crippen LogP contribution in [0.5, 0.6) is 5.75 Å². The molecule has 6 nitrogen and oxygen atoms in total. The van der Waals surface area contributed by atoms with Gasteiger partial charge in [-0.2, -0.15) is 9.78 Å². The van der Waals surface area contributed by atoms with Gasteiger partial charge in [-0.25, -0.2) is 9.97 Å². The number of nitrogens with zero attached hydrogens (tertiary/aromatic N) is 4. The third-order valence-electron chi connectivity index (χ3n) is 4.31. The van der Waals surface area contributed by atoms with Gasteiger partial charge >= 0.3 is 0 Å². The summed E-state index contributed by atoms with van der Waals surface area (Å²) in [5.41, 5.74) is 1.77. The van der Waals surface area contributed by atoms with Gasteiger partial charge in [-0.1, -0.05) is 23.7 Å². The summed E-state index contributed by atoms with van der Waals surface area (Å²) in [4.78, 5) is 21.6. The van der Waals surface area contributed by atoms with E-state index in [4.69, 9.17) is 16.3 Å². The van der Waals surface area contributed by atoms with Gasteiger partial charge in [-0.05, 0) is 50.2 Å². The largest absolute Gasteiger partial charge is 0.494 e. The van der Waals surface area contributed by atoms with E-state index in [0.29, 0.717) is 34.1 Å². The normalized spacial score (nSPS) is 11.5. The zero-order valence-electron chi connectivity index (χ0n) is 15.4. The summed E-state index contributed by atoms with van der Waals surface area (Å²) >= 11 is 6.31. The summed E-state index contributed by atoms with van der Waals surface area (Å²) in [5, 5.41) is 6.00. The number of hydrogen-bond donors (Lipinski definition) is 0. The lowest BCUT2D eigenvalue weighted by molar-refractivity contribution is 0.340. The maximum atomic E-state index is 12.7. The van der Waals surface area contributed by atoms with Crippen molar-refractivity contribution in [1.82, 2.24) is 14.6 Å². The quantitative estimate of drug-likeness (QED) is 0.385. The predicted octanol–water partition coefficient (Wildman–Crippen LogP) is 4.19. The first-order valence-corrected chi connectivity index (χ1v) is 9.20. The van der Waals surface area contributed by atoms with Crippen LogP contribution in [0.25, 0.3) is 21.8 Å². The zero-order valence-corrected chi connectivity index (χ0v) is 16.1. The Morgan fingerprint density at radius 1 is 1.14 bits per heavy atom. The fourth-order valence-corrected chi connectivity index (χ4v) is 3.18. The summed E-state index contributed by atoms with van der Waals surface area (Å²) in [6, 6.07) is 14.7. The lowest BCUT2D eigenvalue weighted by Gasteiger charge is -2.07. The van der Waals surface area contributed by atoms with Crippen molar-refractivity contribution in [3.05, 3.63) is 75.4 Å². The second-order valence-corrected chi connectivity index (χ2v) is 6.55. The molecular weight excluding hydrogens is 376 g/mol. The molecule has 2 aromatic heterocycles. The van der Waals surface area contributed by atoms with E-state index in [1.54, 1.807) is 25.1 Å². The second kappa shape index (κ2) is 7.40. The Morgan fingerprint density at radius 2 is 1.96 bits per heavy atom. The number of halogens is 1. The Bertz CT molecular complexity index is 1280. The van der Waals surface area contributed by atoms with Crippen molar-refractivity contribution in [1.29, 1.82) is 0 Å². The maximum absolute atomic E-state index is 12.7. The molecule has 0 aliphatic rings. The number of aromatic nitrogens is 3. The maximum Gasteiger partial charge on any atom is 0.282 e. The Kier molecular flexibility index (Phi) is 4.79. The van der Waals surface area contributed by atoms with Crippen LogP contribution in [-0.2, 0) is 0 Å². The van der Waals surface area contributed by atoms with Crippen molar-refractivity contribution in [2.75, 3.05) is 6.61 Å². The monoisotopic (exact) mass is 392 g/mol. The van der Waals surface area contributed by atoms with Crippen LogP contribution in [0.4, 0.5) is 0 Å². The summed E-state index contributed by atoms with van der Waals surface area (Å²) in [6.07, 6.45) is 1.52. The minimum absolute atomic E-state index is 0.233. The SMILES string of the molecule is CCOc1ccc2nc(Cl)c(C=Nn3c(C)nc4ccccc4c3=O)cc2c1. The third kappa shape index (κ3) is 3.34. The van der Waals surface area contributed by atoms with Crippen molar-refractivity contribution < 1.29 is 4.74 Å². The van der Waals surface area contributed by atoms with Crippen LogP contribution in [-0.4, -0.2) is 27.5 Å². The van der Waals surface area contributed by atoms with E-state index in [2.05, 4.69) is 15.1 Å². The van der Waals surface area contributed by atoms with E-state index in [1.807, 2.05) is 37.3 Å². The minimum atomic E-state index is -0.233. The molecule has 0 atom stereocenters. The van der Waals surface area contributed by atoms with E-state index in [9.17, 15) is 4.79 Å². The van der Waals surface area contributed by atoms with Gasteiger partial charge in [0.2, 0.25) is 0 Å². The molecule has 0 aliphatic carbocycles. The highest BCUT2D eigenvalue weighted by molar-refractivity contribution is 6.32. The van der Waals surface area contributed by atoms with Gasteiger partial charge in [0.25, 0.3) is 5.56 Å². The number of fused-ring (bicyclic) bond motifs is 2. The molecule has 4 rings (SSSR count). The molecule has 2 aromatic carbocycles. The smallest absolute Gasteiger partial charge is 0.282 e. The van der Waals surface area contributed by atoms with Crippen molar-refractivity contribution in [3.63, 3.8) is 0 Å². The van der Waals surface area contributed by atoms with Crippen LogP contribution in [0.3, 0.4) is 0 Å². The highest BCUT2D eigenvalue weighted by Crippen LogP contribution is 2.23. The number of benzene rings is 2. The summed E-state index contributed by atoms with van der Waals surface area (Å²) < 4.78 is 6.80. The van der Waals surface area contributed by atoms with Gasteiger partial charge in [-0.15, -0.1) is 0 Å². The van der Waals surface area contributed by atoms with E-state index < -0.39 is 0 Å². The highest BCUT2D eigenvalue weighted by atomic mass is 35.5. The standard InChI is InChI=1S/C21H17ClN4O2/c1-3-28-16-8-9-18-14(11-16)10-15(20(22)25-18)12-23-26-13(2)24-19-7-5-4-6-17(19)21(26)27/h4-12H,3H2,1-2H3. The molecule has 4 aromatic rings. The lowest BCUT2D eigenvalue weighted by atomic mass is 10.1. The molecule has 0 aliphatic heterocycles. The molecule has 28 heavy (non-hydrogen) atoms. The van der Waals surface area contributed by atoms with Gasteiger partial charge in [0, 0.05) is 10.9 Å². The number of para-hydroxylation sites is 1. The highest BCUT2D eigenvalue weighted by Gasteiger charge is 2.08. The van der Waals surface area contributed by atoms with Crippen molar-refractivity contribution in [2.24, 2.45) is 5.10 Å². The summed E-state index contributed by atoms with van der Waals surface area (Å²) in [7, 11) is 0. The van der Waals surface area contributed by atoms with Crippen LogP contribution in [0.2, 0.25) is 5.15 Å². The first-order valence-electron chi connectivity index (χ1n) is 8.82. The number of aryl methyl sites for hydroxylation is 1. The van der Waals surface area contributed by atoms with E-state index in [1.165, 1.54) is 10.9 Å². The fourth-order valence-electron chi connectivity index (χ4n) is 2.99. The van der Waals surface area contributed by atoms with Crippen LogP contribution in [0, 0.1) is 6.92 Å². The van der Waals surface area contributed by atoms with Gasteiger partial charge < -0.3 is 4.74 Å². The van der Waals surface area contributed by atoms with Crippen LogP contribution >= 0.6 is 11.6 Å². The number of rotatable bonds is 4. The number of ether oxygens (including phenoxy) is 1. The summed E-state index contributed by atoms with van der Waals surface area (Å²) in [6.45, 7) is 4.25. The molecule has 0 unspecified atom stereocenters. The molecule has 0 N–H and O–H groups in total. The third-order valence-corrected chi connectivity index (χ3v) is 4.61. The molecule has 0 spiro atoms. The molecular formula is C21H17ClN4O2. The van der Waals surface area contributed by atoms with Crippen molar-refractivity contribution in [3.8, 4) is 5.75 Å². The molecule has 0 bridgehead atoms. The van der Waals surface area contributed by atoms with Crippen molar-refractivity contribution >= 4 is 39.6 Å². The van der Waals surface area contributed by atoms with Gasteiger partial charge in [0.1, 0.15) is 16.7 Å². The number of hydrogen-bond acceptors (Lipinski definition) is 5. The molecule has 0 saturated carbocycles. The van der Waals surface area contributed by atoms with E-state index in [-0.39, 0.29) is 5.56 Å². The first kappa shape index (κ1) is 18.1. The Morgan fingerprint density at radius 3 is 2.79 bits per heavy atom. The zero-order chi connectivity index (χ0) is 19.7. The average molecular weight is 393 g/mol. The molecule has 7 heteroatoms. The predicted molar refractivity (Wildman–Crippen MR) is 112 cm³/mol. The Labute approximate surface area is 166 Å². The molecule has 0 amide bonds. The van der Waals surface area contributed by atoms with Crippen molar-refractivity contribution in [2.45, 2.75) is 13.8 Å². The van der Waals surface area contributed by atoms with E-state index >= 15 is 0 Å². The number of pyridine rings is 1. The van der Waals surface area contributed by atoms with Gasteiger partial charge in [0.05, 0.1) is 29.2 Å². The van der Waals surface area contributed by atoms with Crippen LogP contribution in [0.1, 0.15) is 18.3 Å². The molecule has 140 valence electrons. The Hall–Kier alpha value is -3.25. The lowest BCUT2D eigenvalue weighted by Crippen LogP contribution is -2.20. The molecule has 0 saturated heterocycles. The second-order valence-electron chi connectivity index (χ2n) is 6.19. The van der Waals surface area contributed by atoms with Crippen LogP contribution < -0.4 is 10.3 Å². The topological polar surface area (TPSA) is 69.4 Å². The average Bonchev–Trinajstić information content (AvgIpc) is 2.68. The summed E-state index contributed by atoms with van der Waals surface area (Å²) in [5.74, 6) is 1.25. The minimum Gasteiger partial charge on any atom is -0.494 e.